The fraction of sp³-hybridized carbons (Fsp3) is 0.500. The number of thioether (sulfide) groups is 1. The molecule has 0 saturated carbocycles. The van der Waals surface area contributed by atoms with Gasteiger partial charge in [-0.2, -0.15) is 4.72 Å². The third-order valence-corrected chi connectivity index (χ3v) is 8.44. The predicted octanol–water partition coefficient (Wildman–Crippen LogP) is 2.96. The highest BCUT2D eigenvalue weighted by Gasteiger charge is 2.46. The van der Waals surface area contributed by atoms with Gasteiger partial charge in [0.05, 0.1) is 16.4 Å². The summed E-state index contributed by atoms with van der Waals surface area (Å²) < 4.78 is 53.0. The minimum absolute atomic E-state index is 0.0544. The minimum atomic E-state index is -4.30. The second kappa shape index (κ2) is 12.2. The Kier molecular flexibility index (Phi) is 9.63. The number of hydrogen-bond donors (Lipinski definition) is 2. The number of amides is 1. The van der Waals surface area contributed by atoms with Gasteiger partial charge >= 0.3 is 12.1 Å². The van der Waals surface area contributed by atoms with Crippen molar-refractivity contribution in [3.63, 3.8) is 0 Å². The van der Waals surface area contributed by atoms with Crippen LogP contribution in [-0.2, 0) is 29.1 Å². The lowest BCUT2D eigenvalue weighted by molar-refractivity contribution is -0.157. The van der Waals surface area contributed by atoms with E-state index in [4.69, 9.17) is 9.47 Å². The van der Waals surface area contributed by atoms with Crippen molar-refractivity contribution in [2.45, 2.75) is 56.2 Å². The molecule has 1 aromatic rings. The molecule has 2 aliphatic rings. The smallest absolute Gasteiger partial charge is 0.414 e. The zero-order chi connectivity index (χ0) is 29.0. The fourth-order valence-electron chi connectivity index (χ4n) is 4.05. The molecule has 3 atom stereocenters. The molecule has 10 nitrogen and oxygen atoms in total. The van der Waals surface area contributed by atoms with Crippen LogP contribution >= 0.6 is 11.8 Å². The first kappa shape index (κ1) is 30.8. The molecule has 0 spiro atoms. The molecule has 214 valence electrons. The van der Waals surface area contributed by atoms with E-state index in [2.05, 4.69) is 10.0 Å². The van der Waals surface area contributed by atoms with Gasteiger partial charge in [-0.15, -0.1) is 11.8 Å². The second-order valence-corrected chi connectivity index (χ2v) is 13.3. The lowest BCUT2D eigenvalue weighted by Crippen LogP contribution is -2.51. The number of ketones is 1. The quantitative estimate of drug-likeness (QED) is 0.421. The van der Waals surface area contributed by atoms with E-state index in [1.807, 2.05) is 0 Å². The first-order valence-corrected chi connectivity index (χ1v) is 14.9. The van der Waals surface area contributed by atoms with Crippen LogP contribution in [0.5, 0.6) is 0 Å². The van der Waals surface area contributed by atoms with Crippen molar-refractivity contribution < 1.29 is 36.7 Å². The Morgan fingerprint density at radius 1 is 1.23 bits per heavy atom. The van der Waals surface area contributed by atoms with Gasteiger partial charge in [0.2, 0.25) is 10.0 Å². The lowest BCUT2D eigenvalue weighted by atomic mass is 9.71. The van der Waals surface area contributed by atoms with Crippen LogP contribution in [0.4, 0.5) is 9.18 Å². The average Bonchev–Trinajstić information content (AvgIpc) is 3.38. The fourth-order valence-corrected chi connectivity index (χ4v) is 6.18. The maximum Gasteiger partial charge on any atom is 0.414 e. The molecule has 1 aromatic carbocycles. The van der Waals surface area contributed by atoms with Crippen molar-refractivity contribution in [3.8, 4) is 0 Å². The van der Waals surface area contributed by atoms with Crippen LogP contribution in [-0.4, -0.2) is 74.6 Å². The largest absolute Gasteiger partial charge is 0.459 e. The molecule has 1 fully saturated rings. The summed E-state index contributed by atoms with van der Waals surface area (Å²) in [5.74, 6) is -0.395. The standard InChI is InChI=1S/C26H34FN3O7S2/c1-25(2,3)37-23(32)20(29-39(34,35)19-8-6-17(27)7-9-19)14-26(22(31)21-15-38-16-28-21)12-10-18(11-13-26)36-24(33)30(4)5/h6-12,20-21,28-29H,13-16H2,1-5H3/t20-,21-,26?/m0/s1. The molecule has 0 aromatic heterocycles. The highest BCUT2D eigenvalue weighted by atomic mass is 32.2. The molecular weight excluding hydrogens is 549 g/mol. The molecule has 1 aliphatic heterocycles. The molecule has 1 saturated heterocycles. The normalized spacial score (nSPS) is 22.1. The van der Waals surface area contributed by atoms with Crippen molar-refractivity contribution >= 4 is 39.6 Å². The van der Waals surface area contributed by atoms with Crippen molar-refractivity contribution in [1.29, 1.82) is 0 Å². The van der Waals surface area contributed by atoms with Gasteiger partial charge in [-0.3, -0.25) is 14.9 Å². The number of ether oxygens (including phenoxy) is 2. The van der Waals surface area contributed by atoms with Crippen LogP contribution in [0, 0.1) is 11.2 Å². The Bertz CT molecular complexity index is 1250. The number of carbonyl (C=O) groups excluding carboxylic acids is 3. The molecule has 1 amide bonds. The van der Waals surface area contributed by atoms with Crippen molar-refractivity contribution in [3.05, 3.63) is 54.1 Å². The van der Waals surface area contributed by atoms with Gasteiger partial charge < -0.3 is 14.4 Å². The Hall–Kier alpha value is -2.74. The van der Waals surface area contributed by atoms with Gasteiger partial charge in [-0.05, 0) is 70.0 Å². The van der Waals surface area contributed by atoms with E-state index in [9.17, 15) is 27.2 Å². The number of carbonyl (C=O) groups is 3. The summed E-state index contributed by atoms with van der Waals surface area (Å²) in [4.78, 5) is 40.2. The summed E-state index contributed by atoms with van der Waals surface area (Å²) in [6.07, 6.45) is 3.80. The van der Waals surface area contributed by atoms with Crippen LogP contribution in [0.25, 0.3) is 0 Å². The summed E-state index contributed by atoms with van der Waals surface area (Å²) in [5.41, 5.74) is -2.25. The molecular formula is C26H34FN3O7S2. The van der Waals surface area contributed by atoms with E-state index in [-0.39, 0.29) is 29.3 Å². The predicted molar refractivity (Wildman–Crippen MR) is 145 cm³/mol. The van der Waals surface area contributed by atoms with E-state index in [0.29, 0.717) is 11.6 Å². The SMILES string of the molecule is CN(C)C(=O)OC1=CCC(C[C@H](NS(=O)(=O)c2ccc(F)cc2)C(=O)OC(C)(C)C)(C(=O)[C@@H]2CSCN2)C=C1. The highest BCUT2D eigenvalue weighted by Crippen LogP contribution is 2.39. The molecule has 1 heterocycles. The van der Waals surface area contributed by atoms with Gasteiger partial charge in [0.1, 0.15) is 23.2 Å². The molecule has 39 heavy (non-hydrogen) atoms. The van der Waals surface area contributed by atoms with Gasteiger partial charge in [0.15, 0.2) is 5.78 Å². The summed E-state index contributed by atoms with van der Waals surface area (Å²) >= 11 is 1.55. The number of allylic oxidation sites excluding steroid dienone is 3. The number of hydrogen-bond acceptors (Lipinski definition) is 9. The second-order valence-electron chi connectivity index (χ2n) is 10.6. The Labute approximate surface area is 232 Å². The number of rotatable bonds is 9. The van der Waals surface area contributed by atoms with Gasteiger partial charge in [-0.25, -0.2) is 17.6 Å². The van der Waals surface area contributed by atoms with Crippen LogP contribution in [0.1, 0.15) is 33.6 Å². The van der Waals surface area contributed by atoms with E-state index in [1.165, 1.54) is 25.1 Å². The molecule has 0 radical (unpaired) electrons. The van der Waals surface area contributed by atoms with E-state index >= 15 is 0 Å². The zero-order valence-corrected chi connectivity index (χ0v) is 24.2. The number of nitrogens with zero attached hydrogens (tertiary/aromatic N) is 1. The first-order chi connectivity index (χ1) is 18.1. The first-order valence-electron chi connectivity index (χ1n) is 12.3. The monoisotopic (exact) mass is 583 g/mol. The summed E-state index contributed by atoms with van der Waals surface area (Å²) in [6.45, 7) is 4.93. The average molecular weight is 584 g/mol. The Balaban J connectivity index is 1.97. The Morgan fingerprint density at radius 2 is 1.90 bits per heavy atom. The topological polar surface area (TPSA) is 131 Å². The number of esters is 1. The number of Topliss-reactive ketones (excluding diaryl/α,β-unsaturated/α-hetero) is 1. The third-order valence-electron chi connectivity index (χ3n) is 6.01. The molecule has 2 N–H and O–H groups in total. The van der Waals surface area contributed by atoms with Crippen molar-refractivity contribution in [1.82, 2.24) is 14.9 Å². The van der Waals surface area contributed by atoms with Gasteiger partial charge in [-0.1, -0.05) is 6.08 Å². The van der Waals surface area contributed by atoms with Crippen LogP contribution < -0.4 is 10.0 Å². The molecule has 0 bridgehead atoms. The lowest BCUT2D eigenvalue weighted by Gasteiger charge is -2.36. The van der Waals surface area contributed by atoms with Gasteiger partial charge in [0, 0.05) is 25.7 Å². The number of sulfonamides is 1. The molecule has 3 rings (SSSR count). The van der Waals surface area contributed by atoms with Crippen LogP contribution in [0.15, 0.2) is 53.1 Å². The molecule has 13 heteroatoms. The van der Waals surface area contributed by atoms with Gasteiger partial charge in [0.25, 0.3) is 0 Å². The van der Waals surface area contributed by atoms with E-state index in [1.54, 1.807) is 44.7 Å². The van der Waals surface area contributed by atoms with Crippen LogP contribution in [0.3, 0.4) is 0 Å². The van der Waals surface area contributed by atoms with Crippen molar-refractivity contribution in [2.24, 2.45) is 5.41 Å². The van der Waals surface area contributed by atoms with Crippen LogP contribution in [0.2, 0.25) is 0 Å². The maximum atomic E-state index is 13.8. The number of nitrogens with one attached hydrogen (secondary N) is 2. The minimum Gasteiger partial charge on any atom is -0.459 e. The summed E-state index contributed by atoms with van der Waals surface area (Å²) in [7, 11) is -1.23. The van der Waals surface area contributed by atoms with E-state index < -0.39 is 51.0 Å². The zero-order valence-electron chi connectivity index (χ0n) is 22.5. The molecule has 1 aliphatic carbocycles. The summed E-state index contributed by atoms with van der Waals surface area (Å²) in [6, 6.07) is 2.18. The third kappa shape index (κ3) is 8.13. The van der Waals surface area contributed by atoms with E-state index in [0.717, 1.165) is 24.3 Å². The number of halogens is 1. The maximum absolute atomic E-state index is 13.8. The van der Waals surface area contributed by atoms with Crippen molar-refractivity contribution in [2.75, 3.05) is 25.7 Å². The molecule has 1 unspecified atom stereocenters. The highest BCUT2D eigenvalue weighted by molar-refractivity contribution is 7.99. The Morgan fingerprint density at radius 3 is 2.41 bits per heavy atom. The number of benzene rings is 1. The summed E-state index contributed by atoms with van der Waals surface area (Å²) in [5, 5.41) is 3.13.